The van der Waals surface area contributed by atoms with Gasteiger partial charge in [0, 0.05) is 11.3 Å². The third-order valence-corrected chi connectivity index (χ3v) is 8.75. The molecule has 0 nitrogen and oxygen atoms in total. The van der Waals surface area contributed by atoms with Gasteiger partial charge in [-0.05, 0) is 50.4 Å². The van der Waals surface area contributed by atoms with Crippen LogP contribution in [0.15, 0.2) is 48.5 Å². The Kier molecular flexibility index (Phi) is 5.54. The molecule has 0 saturated carbocycles. The van der Waals surface area contributed by atoms with Gasteiger partial charge in [0.2, 0.25) is 0 Å². The normalized spacial score (nSPS) is 24.0. The van der Waals surface area contributed by atoms with E-state index in [9.17, 15) is 0 Å². The molecule has 0 bridgehead atoms. The SMILES string of the molecule is CCCCP1C(c2ccc(C)cc2)CCC1c1ccc(C)cc1. The molecule has 1 heterocycles. The van der Waals surface area contributed by atoms with Crippen LogP contribution in [0.1, 0.15) is 66.2 Å². The Hall–Kier alpha value is -1.13. The van der Waals surface area contributed by atoms with Crippen molar-refractivity contribution in [2.24, 2.45) is 0 Å². The minimum atomic E-state index is 0.0503. The molecule has 0 aromatic heterocycles. The molecule has 1 saturated heterocycles. The van der Waals surface area contributed by atoms with Crippen LogP contribution in [-0.4, -0.2) is 6.16 Å². The Morgan fingerprint density at radius 3 is 1.61 bits per heavy atom. The minimum Gasteiger partial charge on any atom is -0.0913 e. The van der Waals surface area contributed by atoms with Crippen LogP contribution < -0.4 is 0 Å². The fourth-order valence-corrected chi connectivity index (χ4v) is 7.62. The van der Waals surface area contributed by atoms with E-state index in [-0.39, 0.29) is 7.92 Å². The fraction of sp³-hybridized carbons (Fsp3) is 0.455. The predicted octanol–water partition coefficient (Wildman–Crippen LogP) is 7.16. The molecular formula is C22H29P. The van der Waals surface area contributed by atoms with Gasteiger partial charge < -0.3 is 0 Å². The second-order valence-electron chi connectivity index (χ2n) is 7.02. The first-order valence-electron chi connectivity index (χ1n) is 9.08. The van der Waals surface area contributed by atoms with Crippen molar-refractivity contribution in [2.45, 2.75) is 57.8 Å². The molecule has 1 heteroatoms. The molecule has 1 fully saturated rings. The number of hydrogen-bond acceptors (Lipinski definition) is 0. The van der Waals surface area contributed by atoms with Crippen LogP contribution in [0.25, 0.3) is 0 Å². The topological polar surface area (TPSA) is 0 Å². The summed E-state index contributed by atoms with van der Waals surface area (Å²) in [5.41, 5.74) is 7.55. The molecule has 2 atom stereocenters. The van der Waals surface area contributed by atoms with E-state index in [2.05, 4.69) is 69.3 Å². The van der Waals surface area contributed by atoms with Crippen LogP contribution in [0.2, 0.25) is 0 Å². The third-order valence-electron chi connectivity index (χ3n) is 5.21. The van der Waals surface area contributed by atoms with Gasteiger partial charge in [0.05, 0.1) is 0 Å². The zero-order valence-corrected chi connectivity index (χ0v) is 15.7. The van der Waals surface area contributed by atoms with Crippen LogP contribution in [0.3, 0.4) is 0 Å². The molecule has 0 radical (unpaired) electrons. The van der Waals surface area contributed by atoms with Crippen molar-refractivity contribution in [3.63, 3.8) is 0 Å². The number of hydrogen-bond donors (Lipinski definition) is 0. The summed E-state index contributed by atoms with van der Waals surface area (Å²) < 4.78 is 0. The van der Waals surface area contributed by atoms with Crippen molar-refractivity contribution in [3.8, 4) is 0 Å². The Bertz CT molecular complexity index is 558. The predicted molar refractivity (Wildman–Crippen MR) is 104 cm³/mol. The summed E-state index contributed by atoms with van der Waals surface area (Å²) in [6, 6.07) is 18.7. The highest BCUT2D eigenvalue weighted by Gasteiger charge is 2.36. The lowest BCUT2D eigenvalue weighted by Crippen LogP contribution is -1.98. The molecule has 2 aromatic rings. The van der Waals surface area contributed by atoms with Gasteiger partial charge in [-0.25, -0.2) is 0 Å². The van der Waals surface area contributed by atoms with Crippen molar-refractivity contribution in [1.82, 2.24) is 0 Å². The van der Waals surface area contributed by atoms with Gasteiger partial charge in [0.15, 0.2) is 0 Å². The average Bonchev–Trinajstić information content (AvgIpc) is 2.98. The van der Waals surface area contributed by atoms with Crippen LogP contribution in [0.5, 0.6) is 0 Å². The molecule has 0 spiro atoms. The molecule has 3 rings (SSSR count). The van der Waals surface area contributed by atoms with E-state index >= 15 is 0 Å². The highest BCUT2D eigenvalue weighted by molar-refractivity contribution is 7.58. The largest absolute Gasteiger partial charge is 0.0913 e. The van der Waals surface area contributed by atoms with Gasteiger partial charge in [-0.2, -0.15) is 0 Å². The first kappa shape index (κ1) is 16.7. The first-order chi connectivity index (χ1) is 11.2. The smallest absolute Gasteiger partial charge is 0.00476 e. The number of aryl methyl sites for hydroxylation is 2. The van der Waals surface area contributed by atoms with E-state index in [1.165, 1.54) is 43.0 Å². The van der Waals surface area contributed by atoms with Crippen LogP contribution in [-0.2, 0) is 0 Å². The molecule has 0 aliphatic carbocycles. The number of benzene rings is 2. The Morgan fingerprint density at radius 1 is 0.783 bits per heavy atom. The van der Waals surface area contributed by atoms with Gasteiger partial charge in [0.1, 0.15) is 0 Å². The van der Waals surface area contributed by atoms with Crippen molar-refractivity contribution >= 4 is 7.92 Å². The lowest BCUT2D eigenvalue weighted by molar-refractivity contribution is 0.765. The second-order valence-corrected chi connectivity index (χ2v) is 9.74. The summed E-state index contributed by atoms with van der Waals surface area (Å²) in [6.45, 7) is 6.70. The summed E-state index contributed by atoms with van der Waals surface area (Å²) in [5.74, 6) is 0. The Balaban J connectivity index is 1.86. The summed E-state index contributed by atoms with van der Waals surface area (Å²) >= 11 is 0. The zero-order chi connectivity index (χ0) is 16.2. The maximum absolute atomic E-state index is 2.39. The Labute approximate surface area is 143 Å². The van der Waals surface area contributed by atoms with Gasteiger partial charge >= 0.3 is 0 Å². The van der Waals surface area contributed by atoms with E-state index in [0.717, 1.165) is 11.3 Å². The second kappa shape index (κ2) is 7.63. The molecule has 122 valence electrons. The summed E-state index contributed by atoms with van der Waals surface area (Å²) in [7, 11) is 0.0503. The quantitative estimate of drug-likeness (QED) is 0.512. The highest BCUT2D eigenvalue weighted by Crippen LogP contribution is 2.70. The van der Waals surface area contributed by atoms with Gasteiger partial charge in [-0.3, -0.25) is 0 Å². The van der Waals surface area contributed by atoms with Gasteiger partial charge in [-0.15, -0.1) is 0 Å². The monoisotopic (exact) mass is 324 g/mol. The third kappa shape index (κ3) is 3.86. The molecular weight excluding hydrogens is 295 g/mol. The maximum atomic E-state index is 2.39. The minimum absolute atomic E-state index is 0.0503. The number of rotatable bonds is 5. The average molecular weight is 324 g/mol. The maximum Gasteiger partial charge on any atom is 0.00476 e. The molecule has 23 heavy (non-hydrogen) atoms. The molecule has 2 aromatic carbocycles. The van der Waals surface area contributed by atoms with Crippen LogP contribution >= 0.6 is 7.92 Å². The Morgan fingerprint density at radius 2 is 1.22 bits per heavy atom. The highest BCUT2D eigenvalue weighted by atomic mass is 31.1. The lowest BCUT2D eigenvalue weighted by Gasteiger charge is -2.27. The van der Waals surface area contributed by atoms with Crippen LogP contribution in [0.4, 0.5) is 0 Å². The van der Waals surface area contributed by atoms with Crippen LogP contribution in [0, 0.1) is 13.8 Å². The fourth-order valence-electron chi connectivity index (χ4n) is 3.81. The van der Waals surface area contributed by atoms with E-state index in [0.29, 0.717) is 0 Å². The summed E-state index contributed by atoms with van der Waals surface area (Å²) in [4.78, 5) is 0. The van der Waals surface area contributed by atoms with E-state index < -0.39 is 0 Å². The van der Waals surface area contributed by atoms with Crippen molar-refractivity contribution in [3.05, 3.63) is 70.8 Å². The van der Waals surface area contributed by atoms with E-state index in [1.807, 2.05) is 0 Å². The summed E-state index contributed by atoms with van der Waals surface area (Å²) in [6.07, 6.45) is 6.88. The summed E-state index contributed by atoms with van der Waals surface area (Å²) in [5, 5.41) is 0. The molecule has 1 aliphatic heterocycles. The molecule has 0 N–H and O–H groups in total. The molecule has 0 amide bonds. The standard InChI is InChI=1S/C22H29P/c1-4-5-16-23-21(19-10-6-17(2)7-11-19)14-15-22(23)20-12-8-18(3)9-13-20/h6-13,21-22H,4-5,14-16H2,1-3H3. The lowest BCUT2D eigenvalue weighted by atomic mass is 10.0. The van der Waals surface area contributed by atoms with Crippen molar-refractivity contribution in [1.29, 1.82) is 0 Å². The zero-order valence-electron chi connectivity index (χ0n) is 14.8. The number of unbranched alkanes of at least 4 members (excludes halogenated alkanes) is 1. The van der Waals surface area contributed by atoms with E-state index in [1.54, 1.807) is 11.1 Å². The van der Waals surface area contributed by atoms with E-state index in [4.69, 9.17) is 0 Å². The van der Waals surface area contributed by atoms with Gasteiger partial charge in [-0.1, -0.05) is 80.9 Å². The van der Waals surface area contributed by atoms with Gasteiger partial charge in [0.25, 0.3) is 0 Å². The first-order valence-corrected chi connectivity index (χ1v) is 10.7. The molecule has 1 aliphatic rings. The van der Waals surface area contributed by atoms with Crippen molar-refractivity contribution < 1.29 is 0 Å². The van der Waals surface area contributed by atoms with Crippen molar-refractivity contribution in [2.75, 3.05) is 6.16 Å². The molecule has 2 unspecified atom stereocenters.